The number of nitrogens with two attached hydrogens (primary N) is 1. The lowest BCUT2D eigenvalue weighted by atomic mass is 10.2. The lowest BCUT2D eigenvalue weighted by molar-refractivity contribution is -0.114. The number of rotatable bonds is 5. The molecule has 0 spiro atoms. The number of hydrogen-bond acceptors (Lipinski definition) is 5. The first-order valence-corrected chi connectivity index (χ1v) is 6.42. The van der Waals surface area contributed by atoms with E-state index in [2.05, 4.69) is 10.3 Å². The first-order valence-electron chi connectivity index (χ1n) is 6.42. The summed E-state index contributed by atoms with van der Waals surface area (Å²) in [5.41, 5.74) is 6.21. The van der Waals surface area contributed by atoms with Crippen LogP contribution in [0.25, 0.3) is 0 Å². The average Bonchev–Trinajstić information content (AvgIpc) is 2.48. The summed E-state index contributed by atoms with van der Waals surface area (Å²) in [6.07, 6.45) is 0. The Bertz CT molecular complexity index is 644. The maximum absolute atomic E-state index is 11.3. The number of amides is 1. The molecule has 0 unspecified atom stereocenters. The number of nitrogens with one attached hydrogen (secondary N) is 1. The predicted octanol–water partition coefficient (Wildman–Crippen LogP) is 2.09. The summed E-state index contributed by atoms with van der Waals surface area (Å²) in [5.74, 6) is 1.64. The molecule has 0 fully saturated rings. The standard InChI is InChI=1S/C15H17N3O3/c1-10-5-3-6-11(15(10)20-2)21-14-8-4-7-12(18-14)17-13(19)9-16/h3-8H,9,16H2,1-2H3,(H,17,18,19). The van der Waals surface area contributed by atoms with E-state index in [9.17, 15) is 4.79 Å². The van der Waals surface area contributed by atoms with Gasteiger partial charge in [0.15, 0.2) is 11.5 Å². The third kappa shape index (κ3) is 3.70. The molecule has 1 amide bonds. The molecule has 0 saturated heterocycles. The third-order valence-electron chi connectivity index (χ3n) is 2.77. The van der Waals surface area contributed by atoms with Crippen molar-refractivity contribution in [1.82, 2.24) is 4.98 Å². The fourth-order valence-electron chi connectivity index (χ4n) is 1.82. The number of pyridine rings is 1. The molecule has 1 aromatic heterocycles. The second kappa shape index (κ2) is 6.71. The van der Waals surface area contributed by atoms with Crippen LogP contribution in [0, 0.1) is 6.92 Å². The van der Waals surface area contributed by atoms with Crippen molar-refractivity contribution in [2.24, 2.45) is 5.73 Å². The van der Waals surface area contributed by atoms with Crippen LogP contribution in [-0.2, 0) is 4.79 Å². The average molecular weight is 287 g/mol. The summed E-state index contributed by atoms with van der Waals surface area (Å²) >= 11 is 0. The summed E-state index contributed by atoms with van der Waals surface area (Å²) in [6.45, 7) is 1.83. The van der Waals surface area contributed by atoms with Crippen molar-refractivity contribution in [3.8, 4) is 17.4 Å². The van der Waals surface area contributed by atoms with Crippen LogP contribution in [0.3, 0.4) is 0 Å². The zero-order valence-electron chi connectivity index (χ0n) is 11.9. The van der Waals surface area contributed by atoms with E-state index < -0.39 is 0 Å². The minimum Gasteiger partial charge on any atom is -0.493 e. The van der Waals surface area contributed by atoms with Crippen LogP contribution < -0.4 is 20.5 Å². The van der Waals surface area contributed by atoms with Gasteiger partial charge in [-0.05, 0) is 24.6 Å². The number of methoxy groups -OCH3 is 1. The van der Waals surface area contributed by atoms with Crippen molar-refractivity contribution in [1.29, 1.82) is 0 Å². The van der Waals surface area contributed by atoms with Crippen LogP contribution in [0.4, 0.5) is 5.82 Å². The zero-order valence-corrected chi connectivity index (χ0v) is 11.9. The summed E-state index contributed by atoms with van der Waals surface area (Å²) in [4.78, 5) is 15.5. The highest BCUT2D eigenvalue weighted by molar-refractivity contribution is 5.91. The molecule has 0 radical (unpaired) electrons. The topological polar surface area (TPSA) is 86.5 Å². The molecule has 3 N–H and O–H groups in total. The lowest BCUT2D eigenvalue weighted by Gasteiger charge is -2.12. The molecule has 0 aliphatic heterocycles. The maximum atomic E-state index is 11.3. The van der Waals surface area contributed by atoms with Gasteiger partial charge in [0.25, 0.3) is 0 Å². The van der Waals surface area contributed by atoms with Crippen LogP contribution in [-0.4, -0.2) is 24.5 Å². The molecule has 6 nitrogen and oxygen atoms in total. The monoisotopic (exact) mass is 287 g/mol. The number of carbonyl (C=O) groups excluding carboxylic acids is 1. The fraction of sp³-hybridized carbons (Fsp3) is 0.200. The molecule has 110 valence electrons. The number of hydrogen-bond donors (Lipinski definition) is 2. The second-order valence-electron chi connectivity index (χ2n) is 4.32. The van der Waals surface area contributed by atoms with E-state index in [1.54, 1.807) is 31.4 Å². The number of aryl methyl sites for hydroxylation is 1. The van der Waals surface area contributed by atoms with Crippen LogP contribution in [0.5, 0.6) is 17.4 Å². The van der Waals surface area contributed by atoms with Crippen molar-refractivity contribution < 1.29 is 14.3 Å². The van der Waals surface area contributed by atoms with Gasteiger partial charge in [-0.25, -0.2) is 0 Å². The number of nitrogens with zero attached hydrogens (tertiary/aromatic N) is 1. The molecule has 0 bridgehead atoms. The predicted molar refractivity (Wildman–Crippen MR) is 79.7 cm³/mol. The Morgan fingerprint density at radius 2 is 2.05 bits per heavy atom. The van der Waals surface area contributed by atoms with E-state index in [4.69, 9.17) is 15.2 Å². The summed E-state index contributed by atoms with van der Waals surface area (Å²) in [5, 5.41) is 2.57. The quantitative estimate of drug-likeness (QED) is 0.879. The molecule has 0 saturated carbocycles. The molecule has 0 atom stereocenters. The van der Waals surface area contributed by atoms with Gasteiger partial charge in [-0.15, -0.1) is 0 Å². The molecular weight excluding hydrogens is 270 g/mol. The molecule has 2 rings (SSSR count). The van der Waals surface area contributed by atoms with Crippen molar-refractivity contribution in [3.05, 3.63) is 42.0 Å². The lowest BCUT2D eigenvalue weighted by Crippen LogP contribution is -2.22. The van der Waals surface area contributed by atoms with E-state index in [1.165, 1.54) is 0 Å². The molecule has 1 heterocycles. The van der Waals surface area contributed by atoms with Crippen LogP contribution in [0.2, 0.25) is 0 Å². The van der Waals surface area contributed by atoms with Crippen molar-refractivity contribution >= 4 is 11.7 Å². The number of ether oxygens (including phenoxy) is 2. The van der Waals surface area contributed by atoms with Gasteiger partial charge < -0.3 is 20.5 Å². The Morgan fingerprint density at radius 3 is 2.76 bits per heavy atom. The van der Waals surface area contributed by atoms with Gasteiger partial charge in [0.05, 0.1) is 13.7 Å². The molecule has 0 aliphatic rings. The fourth-order valence-corrected chi connectivity index (χ4v) is 1.82. The minimum absolute atomic E-state index is 0.0987. The molecular formula is C15H17N3O3. The van der Waals surface area contributed by atoms with E-state index in [1.807, 2.05) is 19.1 Å². The van der Waals surface area contributed by atoms with Crippen molar-refractivity contribution in [3.63, 3.8) is 0 Å². The first-order chi connectivity index (χ1) is 10.1. The largest absolute Gasteiger partial charge is 0.493 e. The number of para-hydroxylation sites is 1. The zero-order chi connectivity index (χ0) is 15.2. The van der Waals surface area contributed by atoms with Gasteiger partial charge in [0.2, 0.25) is 11.8 Å². The molecule has 6 heteroatoms. The van der Waals surface area contributed by atoms with Crippen LogP contribution >= 0.6 is 0 Å². The van der Waals surface area contributed by atoms with E-state index >= 15 is 0 Å². The minimum atomic E-state index is -0.312. The Kier molecular flexibility index (Phi) is 4.73. The second-order valence-corrected chi connectivity index (χ2v) is 4.32. The van der Waals surface area contributed by atoms with Gasteiger partial charge >= 0.3 is 0 Å². The molecule has 1 aromatic carbocycles. The summed E-state index contributed by atoms with van der Waals surface area (Å²) in [6, 6.07) is 10.7. The third-order valence-corrected chi connectivity index (χ3v) is 2.77. The number of anilines is 1. The summed E-state index contributed by atoms with van der Waals surface area (Å²) in [7, 11) is 1.58. The Morgan fingerprint density at radius 1 is 1.29 bits per heavy atom. The molecule has 2 aromatic rings. The Hall–Kier alpha value is -2.60. The van der Waals surface area contributed by atoms with Crippen LogP contribution in [0.1, 0.15) is 5.56 Å². The normalized spacial score (nSPS) is 10.0. The van der Waals surface area contributed by atoms with Gasteiger partial charge in [0, 0.05) is 6.07 Å². The summed E-state index contributed by atoms with van der Waals surface area (Å²) < 4.78 is 11.0. The van der Waals surface area contributed by atoms with Crippen LogP contribution in [0.15, 0.2) is 36.4 Å². The maximum Gasteiger partial charge on any atom is 0.239 e. The highest BCUT2D eigenvalue weighted by Gasteiger charge is 2.09. The van der Waals surface area contributed by atoms with E-state index in [-0.39, 0.29) is 12.5 Å². The Balaban J connectivity index is 2.22. The first kappa shape index (κ1) is 14.8. The molecule has 0 aliphatic carbocycles. The van der Waals surface area contributed by atoms with Crippen molar-refractivity contribution in [2.45, 2.75) is 6.92 Å². The highest BCUT2D eigenvalue weighted by Crippen LogP contribution is 2.33. The van der Waals surface area contributed by atoms with E-state index in [0.29, 0.717) is 23.2 Å². The van der Waals surface area contributed by atoms with Crippen molar-refractivity contribution in [2.75, 3.05) is 19.0 Å². The number of aromatic nitrogens is 1. The van der Waals surface area contributed by atoms with E-state index in [0.717, 1.165) is 5.56 Å². The number of benzene rings is 1. The SMILES string of the molecule is COc1c(C)cccc1Oc1cccc(NC(=O)CN)n1. The van der Waals surface area contributed by atoms with Gasteiger partial charge in [0.1, 0.15) is 5.82 Å². The van der Waals surface area contributed by atoms with Gasteiger partial charge in [-0.2, -0.15) is 4.98 Å². The molecule has 21 heavy (non-hydrogen) atoms. The highest BCUT2D eigenvalue weighted by atomic mass is 16.5. The van der Waals surface area contributed by atoms with Gasteiger partial charge in [-0.1, -0.05) is 18.2 Å². The Labute approximate surface area is 122 Å². The van der Waals surface area contributed by atoms with Gasteiger partial charge in [-0.3, -0.25) is 4.79 Å². The number of carbonyl (C=O) groups is 1. The smallest absolute Gasteiger partial charge is 0.239 e.